The smallest absolute Gasteiger partial charge is 0.273 e. The third-order valence-corrected chi connectivity index (χ3v) is 6.69. The van der Waals surface area contributed by atoms with Gasteiger partial charge in [0.2, 0.25) is 0 Å². The van der Waals surface area contributed by atoms with Crippen molar-refractivity contribution in [1.82, 2.24) is 14.8 Å². The van der Waals surface area contributed by atoms with Gasteiger partial charge in [0.05, 0.1) is 17.2 Å². The predicted molar refractivity (Wildman–Crippen MR) is 122 cm³/mol. The molecule has 31 heavy (non-hydrogen) atoms. The van der Waals surface area contributed by atoms with Gasteiger partial charge < -0.3 is 14.5 Å². The van der Waals surface area contributed by atoms with Gasteiger partial charge in [-0.15, -0.1) is 11.3 Å². The predicted octanol–water partition coefficient (Wildman–Crippen LogP) is 4.72. The second-order valence-electron chi connectivity index (χ2n) is 6.98. The van der Waals surface area contributed by atoms with Gasteiger partial charge in [0, 0.05) is 42.7 Å². The maximum absolute atomic E-state index is 12.9. The van der Waals surface area contributed by atoms with Crippen LogP contribution in [0, 0.1) is 0 Å². The van der Waals surface area contributed by atoms with Gasteiger partial charge in [0.25, 0.3) is 11.8 Å². The molecule has 4 rings (SSSR count). The van der Waals surface area contributed by atoms with E-state index in [9.17, 15) is 9.59 Å². The molecule has 1 saturated heterocycles. The first-order chi connectivity index (χ1) is 15.0. The van der Waals surface area contributed by atoms with Crippen molar-refractivity contribution < 1.29 is 14.3 Å². The molecule has 2 heterocycles. The molecule has 160 valence electrons. The van der Waals surface area contributed by atoms with Crippen LogP contribution < -0.4 is 4.74 Å². The Labute approximate surface area is 194 Å². The summed E-state index contributed by atoms with van der Waals surface area (Å²) in [6.07, 6.45) is 0. The van der Waals surface area contributed by atoms with E-state index >= 15 is 0 Å². The maximum atomic E-state index is 12.9. The number of thiazole rings is 1. The van der Waals surface area contributed by atoms with Gasteiger partial charge in [0.1, 0.15) is 16.5 Å². The highest BCUT2D eigenvalue weighted by Crippen LogP contribution is 2.30. The van der Waals surface area contributed by atoms with E-state index in [1.54, 1.807) is 58.7 Å². The normalized spacial score (nSPS) is 13.9. The third kappa shape index (κ3) is 4.69. The first kappa shape index (κ1) is 21.6. The molecule has 0 spiro atoms. The first-order valence-corrected chi connectivity index (χ1v) is 11.2. The number of hydrogen-bond donors (Lipinski definition) is 0. The fraction of sp³-hybridized carbons (Fsp3) is 0.227. The number of benzene rings is 2. The van der Waals surface area contributed by atoms with E-state index in [0.717, 1.165) is 5.56 Å². The van der Waals surface area contributed by atoms with Gasteiger partial charge in [-0.2, -0.15) is 0 Å². The number of halogens is 2. The molecule has 0 radical (unpaired) electrons. The van der Waals surface area contributed by atoms with Crippen LogP contribution in [-0.4, -0.2) is 59.9 Å². The molecule has 0 aliphatic carbocycles. The molecule has 0 N–H and O–H groups in total. The highest BCUT2D eigenvalue weighted by molar-refractivity contribution is 7.13. The van der Waals surface area contributed by atoms with Crippen molar-refractivity contribution in [3.05, 3.63) is 69.1 Å². The van der Waals surface area contributed by atoms with Gasteiger partial charge >= 0.3 is 0 Å². The molecule has 0 unspecified atom stereocenters. The van der Waals surface area contributed by atoms with E-state index in [-0.39, 0.29) is 11.8 Å². The summed E-state index contributed by atoms with van der Waals surface area (Å²) in [6, 6.07) is 12.3. The van der Waals surface area contributed by atoms with E-state index in [4.69, 9.17) is 27.9 Å². The molecule has 0 saturated carbocycles. The second-order valence-corrected chi connectivity index (χ2v) is 8.66. The van der Waals surface area contributed by atoms with Crippen LogP contribution in [0.2, 0.25) is 10.0 Å². The van der Waals surface area contributed by atoms with Crippen LogP contribution in [-0.2, 0) is 0 Å². The standard InChI is InChI=1S/C22H19Cl2N3O3S/c1-30-16-4-2-3-15(11-16)21(28)26-7-9-27(10-8-26)22(29)19-13-31-20(25-19)14-5-6-17(23)18(24)12-14/h2-6,11-13H,7-10H2,1H3. The Bertz CT molecular complexity index is 1130. The van der Waals surface area contributed by atoms with Crippen molar-refractivity contribution in [2.24, 2.45) is 0 Å². The van der Waals surface area contributed by atoms with Crippen molar-refractivity contribution in [3.63, 3.8) is 0 Å². The van der Waals surface area contributed by atoms with Crippen LogP contribution in [0.5, 0.6) is 5.75 Å². The van der Waals surface area contributed by atoms with E-state index < -0.39 is 0 Å². The molecule has 1 aromatic heterocycles. The van der Waals surface area contributed by atoms with Gasteiger partial charge in [-0.05, 0) is 30.3 Å². The van der Waals surface area contributed by atoms with Crippen LogP contribution in [0.3, 0.4) is 0 Å². The zero-order valence-corrected chi connectivity index (χ0v) is 19.0. The Morgan fingerprint density at radius 2 is 1.68 bits per heavy atom. The SMILES string of the molecule is COc1cccc(C(=O)N2CCN(C(=O)c3csc(-c4ccc(Cl)c(Cl)c4)n3)CC2)c1. The second kappa shape index (κ2) is 9.26. The largest absolute Gasteiger partial charge is 0.497 e. The molecule has 2 aromatic carbocycles. The summed E-state index contributed by atoms with van der Waals surface area (Å²) >= 11 is 13.4. The zero-order valence-electron chi connectivity index (χ0n) is 16.7. The van der Waals surface area contributed by atoms with Crippen molar-refractivity contribution in [2.45, 2.75) is 0 Å². The van der Waals surface area contributed by atoms with Crippen LogP contribution in [0.15, 0.2) is 47.8 Å². The molecule has 9 heteroatoms. The number of rotatable bonds is 4. The minimum atomic E-state index is -0.143. The molecule has 6 nitrogen and oxygen atoms in total. The summed E-state index contributed by atoms with van der Waals surface area (Å²) in [5.41, 5.74) is 1.77. The third-order valence-electron chi connectivity index (χ3n) is 5.06. The summed E-state index contributed by atoms with van der Waals surface area (Å²) in [5.74, 6) is 0.429. The van der Waals surface area contributed by atoms with Crippen molar-refractivity contribution in [3.8, 4) is 16.3 Å². The Kier molecular flexibility index (Phi) is 6.46. The van der Waals surface area contributed by atoms with Gasteiger partial charge in [0.15, 0.2) is 0 Å². The number of methoxy groups -OCH3 is 1. The molecule has 0 bridgehead atoms. The summed E-state index contributed by atoms with van der Waals surface area (Å²) < 4.78 is 5.19. The molecular weight excluding hydrogens is 457 g/mol. The molecule has 1 aliphatic heterocycles. The zero-order chi connectivity index (χ0) is 22.0. The van der Waals surface area contributed by atoms with E-state index in [1.165, 1.54) is 11.3 Å². The summed E-state index contributed by atoms with van der Waals surface area (Å²) in [5, 5.41) is 3.36. The molecule has 0 atom stereocenters. The number of nitrogens with zero attached hydrogens (tertiary/aromatic N) is 3. The summed E-state index contributed by atoms with van der Waals surface area (Å²) in [7, 11) is 1.57. The highest BCUT2D eigenvalue weighted by Gasteiger charge is 2.27. The Morgan fingerprint density at radius 1 is 0.968 bits per heavy atom. The number of amides is 2. The molecule has 1 fully saturated rings. The van der Waals surface area contributed by atoms with Crippen LogP contribution in [0.25, 0.3) is 10.6 Å². The highest BCUT2D eigenvalue weighted by atomic mass is 35.5. The fourth-order valence-electron chi connectivity index (χ4n) is 3.35. The summed E-state index contributed by atoms with van der Waals surface area (Å²) in [6.45, 7) is 1.83. The lowest BCUT2D eigenvalue weighted by molar-refractivity contribution is 0.0532. The Balaban J connectivity index is 1.40. The lowest BCUT2D eigenvalue weighted by atomic mass is 10.1. The lowest BCUT2D eigenvalue weighted by Crippen LogP contribution is -2.50. The fourth-order valence-corrected chi connectivity index (χ4v) is 4.44. The number of aromatic nitrogens is 1. The molecule has 2 amide bonds. The topological polar surface area (TPSA) is 62.7 Å². The number of carbonyl (C=O) groups is 2. The number of carbonyl (C=O) groups excluding carboxylic acids is 2. The Hall–Kier alpha value is -2.61. The molecule has 3 aromatic rings. The average molecular weight is 476 g/mol. The quantitative estimate of drug-likeness (QED) is 0.547. The number of hydrogen-bond acceptors (Lipinski definition) is 5. The maximum Gasteiger partial charge on any atom is 0.273 e. The van der Waals surface area contributed by atoms with Gasteiger partial charge in [-0.25, -0.2) is 4.98 Å². The number of piperazine rings is 1. The van der Waals surface area contributed by atoms with E-state index in [0.29, 0.717) is 58.2 Å². The Morgan fingerprint density at radius 3 is 2.35 bits per heavy atom. The van der Waals surface area contributed by atoms with E-state index in [2.05, 4.69) is 4.98 Å². The minimum absolute atomic E-state index is 0.0680. The van der Waals surface area contributed by atoms with Crippen molar-refractivity contribution in [2.75, 3.05) is 33.3 Å². The van der Waals surface area contributed by atoms with Crippen LogP contribution in [0.4, 0.5) is 0 Å². The lowest BCUT2D eigenvalue weighted by Gasteiger charge is -2.34. The molecular formula is C22H19Cl2N3O3S. The van der Waals surface area contributed by atoms with Crippen LogP contribution >= 0.6 is 34.5 Å². The van der Waals surface area contributed by atoms with Crippen molar-refractivity contribution in [1.29, 1.82) is 0 Å². The van der Waals surface area contributed by atoms with Gasteiger partial charge in [-0.1, -0.05) is 35.3 Å². The minimum Gasteiger partial charge on any atom is -0.497 e. The first-order valence-electron chi connectivity index (χ1n) is 9.60. The average Bonchev–Trinajstić information content (AvgIpc) is 3.30. The number of ether oxygens (including phenoxy) is 1. The van der Waals surface area contributed by atoms with Gasteiger partial charge in [-0.3, -0.25) is 9.59 Å². The molecule has 1 aliphatic rings. The van der Waals surface area contributed by atoms with E-state index in [1.807, 2.05) is 6.07 Å². The summed E-state index contributed by atoms with van der Waals surface area (Å²) in [4.78, 5) is 33.6. The van der Waals surface area contributed by atoms with Crippen LogP contribution in [0.1, 0.15) is 20.8 Å². The van der Waals surface area contributed by atoms with Crippen molar-refractivity contribution >= 4 is 46.4 Å². The monoisotopic (exact) mass is 475 g/mol.